The second-order valence-electron chi connectivity index (χ2n) is 4.85. The number of aliphatic hydroxyl groups is 1. The Kier molecular flexibility index (Phi) is 5.03. The van der Waals surface area contributed by atoms with Gasteiger partial charge in [0.15, 0.2) is 0 Å². The third-order valence-corrected chi connectivity index (χ3v) is 3.69. The highest BCUT2D eigenvalue weighted by atomic mass is 32.2. The molecule has 108 valence electrons. The standard InChI is InChI=1S/C14H19N3O2S/c1-10-3-4-13-16-12(7-17(13)6-10)8-20-9-14(19)15-5-11(2)18/h3-4,6-7,11,18H,5,8-9H2,1-2H3,(H,15,19). The van der Waals surface area contributed by atoms with E-state index in [-0.39, 0.29) is 5.91 Å². The van der Waals surface area contributed by atoms with Crippen molar-refractivity contribution in [3.05, 3.63) is 35.8 Å². The molecule has 0 saturated carbocycles. The molecule has 0 fully saturated rings. The number of thioether (sulfide) groups is 1. The van der Waals surface area contributed by atoms with Crippen LogP contribution in [0.15, 0.2) is 24.5 Å². The van der Waals surface area contributed by atoms with Gasteiger partial charge in [0.2, 0.25) is 5.91 Å². The lowest BCUT2D eigenvalue weighted by atomic mass is 10.3. The number of aliphatic hydroxyl groups excluding tert-OH is 1. The molecule has 0 aliphatic carbocycles. The van der Waals surface area contributed by atoms with Crippen molar-refractivity contribution in [1.29, 1.82) is 0 Å². The van der Waals surface area contributed by atoms with E-state index in [1.54, 1.807) is 6.92 Å². The average molecular weight is 293 g/mol. The van der Waals surface area contributed by atoms with Gasteiger partial charge in [-0.25, -0.2) is 4.98 Å². The molecule has 6 heteroatoms. The number of rotatable bonds is 6. The van der Waals surface area contributed by atoms with Crippen molar-refractivity contribution < 1.29 is 9.90 Å². The van der Waals surface area contributed by atoms with Crippen molar-refractivity contribution in [3.63, 3.8) is 0 Å². The number of nitrogens with zero attached hydrogens (tertiary/aromatic N) is 2. The summed E-state index contributed by atoms with van der Waals surface area (Å²) in [6.07, 6.45) is 3.51. The van der Waals surface area contributed by atoms with Crippen LogP contribution in [0.25, 0.3) is 5.65 Å². The Morgan fingerprint density at radius 2 is 2.30 bits per heavy atom. The van der Waals surface area contributed by atoms with Gasteiger partial charge in [0.05, 0.1) is 17.6 Å². The van der Waals surface area contributed by atoms with E-state index in [2.05, 4.69) is 10.3 Å². The van der Waals surface area contributed by atoms with Crippen molar-refractivity contribution in [2.75, 3.05) is 12.3 Å². The predicted molar refractivity (Wildman–Crippen MR) is 80.8 cm³/mol. The SMILES string of the molecule is Cc1ccc2nc(CSCC(=O)NCC(C)O)cn2c1. The molecule has 2 aromatic rings. The summed E-state index contributed by atoms with van der Waals surface area (Å²) in [6.45, 7) is 3.99. The molecule has 0 aromatic carbocycles. The smallest absolute Gasteiger partial charge is 0.230 e. The van der Waals surface area contributed by atoms with E-state index in [1.165, 1.54) is 17.3 Å². The largest absolute Gasteiger partial charge is 0.392 e. The number of aromatic nitrogens is 2. The van der Waals surface area contributed by atoms with Gasteiger partial charge in [-0.3, -0.25) is 4.79 Å². The highest BCUT2D eigenvalue weighted by Gasteiger charge is 2.05. The fraction of sp³-hybridized carbons (Fsp3) is 0.429. The number of aryl methyl sites for hydroxylation is 1. The summed E-state index contributed by atoms with van der Waals surface area (Å²) in [7, 11) is 0. The summed E-state index contributed by atoms with van der Waals surface area (Å²) in [4.78, 5) is 16.0. The maximum absolute atomic E-state index is 11.5. The second kappa shape index (κ2) is 6.76. The molecule has 0 saturated heterocycles. The van der Waals surface area contributed by atoms with E-state index in [4.69, 9.17) is 5.11 Å². The Bertz CT molecular complexity index is 595. The summed E-state index contributed by atoms with van der Waals surface area (Å²) < 4.78 is 2.00. The van der Waals surface area contributed by atoms with Crippen molar-refractivity contribution in [2.45, 2.75) is 25.7 Å². The average Bonchev–Trinajstić information content (AvgIpc) is 2.78. The highest BCUT2D eigenvalue weighted by Crippen LogP contribution is 2.13. The molecular formula is C14H19N3O2S. The second-order valence-corrected chi connectivity index (χ2v) is 5.84. The van der Waals surface area contributed by atoms with E-state index in [0.29, 0.717) is 18.1 Å². The molecule has 5 nitrogen and oxygen atoms in total. The van der Waals surface area contributed by atoms with Crippen LogP contribution in [0.5, 0.6) is 0 Å². The van der Waals surface area contributed by atoms with Crippen LogP contribution in [0, 0.1) is 6.92 Å². The van der Waals surface area contributed by atoms with Crippen LogP contribution in [0.2, 0.25) is 0 Å². The molecule has 0 radical (unpaired) electrons. The quantitative estimate of drug-likeness (QED) is 0.844. The van der Waals surface area contributed by atoms with Crippen LogP contribution >= 0.6 is 11.8 Å². The minimum Gasteiger partial charge on any atom is -0.392 e. The topological polar surface area (TPSA) is 66.6 Å². The number of imidazole rings is 1. The van der Waals surface area contributed by atoms with Crippen LogP contribution < -0.4 is 5.32 Å². The predicted octanol–water partition coefficient (Wildman–Crippen LogP) is 1.37. The summed E-state index contributed by atoms with van der Waals surface area (Å²) in [5, 5.41) is 11.7. The zero-order valence-electron chi connectivity index (χ0n) is 11.7. The number of nitrogens with one attached hydrogen (secondary N) is 1. The van der Waals surface area contributed by atoms with Crippen LogP contribution in [0.4, 0.5) is 0 Å². The maximum atomic E-state index is 11.5. The Hall–Kier alpha value is -1.53. The van der Waals surface area contributed by atoms with Gasteiger partial charge in [0.1, 0.15) is 5.65 Å². The lowest BCUT2D eigenvalue weighted by Gasteiger charge is -2.06. The molecular weight excluding hydrogens is 274 g/mol. The molecule has 2 rings (SSSR count). The summed E-state index contributed by atoms with van der Waals surface area (Å²) in [5.74, 6) is 1.01. The molecule has 2 aromatic heterocycles. The van der Waals surface area contributed by atoms with Crippen LogP contribution in [-0.4, -0.2) is 38.8 Å². The number of hydrogen-bond donors (Lipinski definition) is 2. The van der Waals surface area contributed by atoms with Crippen molar-refractivity contribution in [3.8, 4) is 0 Å². The van der Waals surface area contributed by atoms with E-state index in [1.807, 2.05) is 35.9 Å². The van der Waals surface area contributed by atoms with E-state index in [0.717, 1.165) is 11.3 Å². The van der Waals surface area contributed by atoms with Gasteiger partial charge < -0.3 is 14.8 Å². The van der Waals surface area contributed by atoms with E-state index >= 15 is 0 Å². The molecule has 20 heavy (non-hydrogen) atoms. The Labute approximate surface area is 122 Å². The van der Waals surface area contributed by atoms with E-state index < -0.39 is 6.10 Å². The Balaban J connectivity index is 1.82. The third kappa shape index (κ3) is 4.25. The molecule has 0 bridgehead atoms. The van der Waals surface area contributed by atoms with Crippen molar-refractivity contribution >= 4 is 23.3 Å². The molecule has 1 unspecified atom stereocenters. The van der Waals surface area contributed by atoms with Gasteiger partial charge in [-0.1, -0.05) is 6.07 Å². The van der Waals surface area contributed by atoms with Gasteiger partial charge >= 0.3 is 0 Å². The molecule has 0 aliphatic heterocycles. The monoisotopic (exact) mass is 293 g/mol. The first kappa shape index (κ1) is 14.9. The lowest BCUT2D eigenvalue weighted by Crippen LogP contribution is -2.31. The molecule has 1 amide bonds. The first-order chi connectivity index (χ1) is 9.54. The summed E-state index contributed by atoms with van der Waals surface area (Å²) in [6, 6.07) is 4.02. The van der Waals surface area contributed by atoms with Crippen molar-refractivity contribution in [2.24, 2.45) is 0 Å². The number of fused-ring (bicyclic) bond motifs is 1. The minimum atomic E-state index is -0.509. The summed E-state index contributed by atoms with van der Waals surface area (Å²) in [5.41, 5.74) is 3.07. The molecule has 0 aliphatic rings. The van der Waals surface area contributed by atoms with Crippen LogP contribution in [0.3, 0.4) is 0 Å². The molecule has 1 atom stereocenters. The van der Waals surface area contributed by atoms with E-state index in [9.17, 15) is 4.79 Å². The fourth-order valence-corrected chi connectivity index (χ4v) is 2.52. The zero-order valence-corrected chi connectivity index (χ0v) is 12.5. The maximum Gasteiger partial charge on any atom is 0.230 e. The fourth-order valence-electron chi connectivity index (χ4n) is 1.79. The highest BCUT2D eigenvalue weighted by molar-refractivity contribution is 7.99. The summed E-state index contributed by atoms with van der Waals surface area (Å²) >= 11 is 1.52. The number of hydrogen-bond acceptors (Lipinski definition) is 4. The van der Waals surface area contributed by atoms with Crippen LogP contribution in [0.1, 0.15) is 18.2 Å². The minimum absolute atomic E-state index is 0.0597. The van der Waals surface area contributed by atoms with Gasteiger partial charge in [0, 0.05) is 24.7 Å². The normalized spacial score (nSPS) is 12.6. The first-order valence-corrected chi connectivity index (χ1v) is 7.67. The molecule has 2 N–H and O–H groups in total. The Morgan fingerprint density at radius 3 is 3.05 bits per heavy atom. The van der Waals surface area contributed by atoms with Gasteiger partial charge in [-0.2, -0.15) is 0 Å². The van der Waals surface area contributed by atoms with Gasteiger partial charge in [0.25, 0.3) is 0 Å². The van der Waals surface area contributed by atoms with Gasteiger partial charge in [-0.15, -0.1) is 11.8 Å². The first-order valence-electron chi connectivity index (χ1n) is 6.51. The zero-order chi connectivity index (χ0) is 14.5. The van der Waals surface area contributed by atoms with Crippen molar-refractivity contribution in [1.82, 2.24) is 14.7 Å². The molecule has 0 spiro atoms. The number of carbonyl (C=O) groups is 1. The third-order valence-electron chi connectivity index (χ3n) is 2.73. The number of amides is 1. The number of carbonyl (C=O) groups excluding carboxylic acids is 1. The molecule has 2 heterocycles. The van der Waals surface area contributed by atoms with Crippen LogP contribution in [-0.2, 0) is 10.5 Å². The Morgan fingerprint density at radius 1 is 1.50 bits per heavy atom. The van der Waals surface area contributed by atoms with Gasteiger partial charge in [-0.05, 0) is 25.5 Å². The lowest BCUT2D eigenvalue weighted by molar-refractivity contribution is -0.118. The number of pyridine rings is 1.